The van der Waals surface area contributed by atoms with Crippen LogP contribution in [0.15, 0.2) is 30.3 Å². The number of benzene rings is 1. The second-order valence-corrected chi connectivity index (χ2v) is 7.33. The maximum atomic E-state index is 4.59. The molecule has 2 aliphatic rings. The summed E-state index contributed by atoms with van der Waals surface area (Å²) >= 11 is 0. The van der Waals surface area contributed by atoms with Gasteiger partial charge in [0.2, 0.25) is 0 Å². The van der Waals surface area contributed by atoms with E-state index in [-0.39, 0.29) is 0 Å². The summed E-state index contributed by atoms with van der Waals surface area (Å²) in [6.07, 6.45) is 3.38. The van der Waals surface area contributed by atoms with Crippen molar-refractivity contribution in [3.63, 3.8) is 0 Å². The van der Waals surface area contributed by atoms with E-state index in [9.17, 15) is 0 Å². The molecule has 1 fully saturated rings. The number of nitrogens with zero attached hydrogens (tertiary/aromatic N) is 5. The third-order valence-electron chi connectivity index (χ3n) is 5.79. The summed E-state index contributed by atoms with van der Waals surface area (Å²) in [7, 11) is 0. The molecule has 0 N–H and O–H groups in total. The van der Waals surface area contributed by atoms with Crippen LogP contribution in [0.5, 0.6) is 0 Å². The Bertz CT molecular complexity index is 681. The molecule has 2 aliphatic heterocycles. The lowest BCUT2D eigenvalue weighted by molar-refractivity contribution is 0.292. The topological polar surface area (TPSA) is 37.2 Å². The van der Waals surface area contributed by atoms with E-state index in [2.05, 4.69) is 61.8 Å². The Morgan fingerprint density at radius 3 is 2.72 bits per heavy atom. The molecule has 1 saturated heterocycles. The van der Waals surface area contributed by atoms with Crippen LogP contribution in [-0.2, 0) is 19.4 Å². The van der Waals surface area contributed by atoms with E-state index in [4.69, 9.17) is 0 Å². The molecular formula is C20H29N5. The Hall–Kier alpha value is -1.72. The molecule has 0 aliphatic carbocycles. The summed E-state index contributed by atoms with van der Waals surface area (Å²) in [5, 5.41) is 9.11. The third kappa shape index (κ3) is 3.77. The molecule has 2 aromatic rings. The minimum Gasteiger partial charge on any atom is -0.313 e. The zero-order chi connectivity index (χ0) is 17.1. The normalized spacial score (nSPS) is 22.0. The van der Waals surface area contributed by atoms with E-state index in [1.807, 2.05) is 0 Å². The van der Waals surface area contributed by atoms with Gasteiger partial charge in [-0.1, -0.05) is 37.3 Å². The van der Waals surface area contributed by atoms with Crippen LogP contribution >= 0.6 is 0 Å². The van der Waals surface area contributed by atoms with Crippen LogP contribution in [0.4, 0.5) is 0 Å². The number of aromatic nitrogens is 3. The van der Waals surface area contributed by atoms with E-state index in [0.717, 1.165) is 52.1 Å². The maximum Gasteiger partial charge on any atom is 0.137 e. The van der Waals surface area contributed by atoms with Crippen molar-refractivity contribution in [2.75, 3.05) is 39.3 Å². The molecule has 5 heteroatoms. The Morgan fingerprint density at radius 1 is 1.00 bits per heavy atom. The minimum atomic E-state index is 0.546. The van der Waals surface area contributed by atoms with Gasteiger partial charge in [-0.05, 0) is 31.5 Å². The van der Waals surface area contributed by atoms with Crippen molar-refractivity contribution in [2.45, 2.75) is 38.6 Å². The molecule has 0 bridgehead atoms. The number of likely N-dealkylation sites (tertiary alicyclic amines) is 1. The van der Waals surface area contributed by atoms with Gasteiger partial charge in [-0.3, -0.25) is 0 Å². The van der Waals surface area contributed by atoms with E-state index in [0.29, 0.717) is 5.92 Å². The number of likely N-dealkylation sites (N-methyl/N-ethyl adjacent to an activating group) is 1. The number of rotatable bonds is 5. The van der Waals surface area contributed by atoms with Crippen molar-refractivity contribution < 1.29 is 0 Å². The molecule has 3 heterocycles. The quantitative estimate of drug-likeness (QED) is 0.837. The molecule has 4 rings (SSSR count). The fourth-order valence-corrected chi connectivity index (χ4v) is 4.19. The lowest BCUT2D eigenvalue weighted by Crippen LogP contribution is -2.27. The Balaban J connectivity index is 1.37. The molecule has 0 radical (unpaired) electrons. The Morgan fingerprint density at radius 2 is 1.88 bits per heavy atom. The lowest BCUT2D eigenvalue weighted by Gasteiger charge is -2.18. The number of hydrogen-bond donors (Lipinski definition) is 0. The first-order valence-electron chi connectivity index (χ1n) is 9.74. The maximum absolute atomic E-state index is 4.59. The zero-order valence-electron chi connectivity index (χ0n) is 15.3. The van der Waals surface area contributed by atoms with E-state index in [1.54, 1.807) is 0 Å². The van der Waals surface area contributed by atoms with Crippen LogP contribution in [0.25, 0.3) is 0 Å². The van der Waals surface area contributed by atoms with Crippen molar-refractivity contribution in [3.8, 4) is 0 Å². The molecular weight excluding hydrogens is 310 g/mol. The van der Waals surface area contributed by atoms with Gasteiger partial charge in [0.05, 0.1) is 0 Å². The molecule has 0 amide bonds. The number of fused-ring (bicyclic) bond motifs is 1. The molecule has 1 aromatic heterocycles. The standard InChI is InChI=1S/C20H29N5/c1-2-23-13-10-19-21-22-20(25(19)15-14-23)18-9-12-24(16-18)11-8-17-6-4-3-5-7-17/h3-7,18H,2,8-16H2,1H3. The third-order valence-corrected chi connectivity index (χ3v) is 5.79. The summed E-state index contributed by atoms with van der Waals surface area (Å²) in [6.45, 7) is 10.1. The van der Waals surface area contributed by atoms with Gasteiger partial charge in [-0.2, -0.15) is 0 Å². The monoisotopic (exact) mass is 339 g/mol. The molecule has 0 saturated carbocycles. The average molecular weight is 339 g/mol. The number of hydrogen-bond acceptors (Lipinski definition) is 4. The van der Waals surface area contributed by atoms with Crippen LogP contribution in [0.2, 0.25) is 0 Å². The smallest absolute Gasteiger partial charge is 0.137 e. The van der Waals surface area contributed by atoms with Crippen molar-refractivity contribution in [2.24, 2.45) is 0 Å². The highest BCUT2D eigenvalue weighted by Crippen LogP contribution is 2.27. The summed E-state index contributed by atoms with van der Waals surface area (Å²) < 4.78 is 2.42. The molecule has 25 heavy (non-hydrogen) atoms. The molecule has 5 nitrogen and oxygen atoms in total. The summed E-state index contributed by atoms with van der Waals surface area (Å²) in [5.74, 6) is 2.97. The van der Waals surface area contributed by atoms with Gasteiger partial charge in [-0.25, -0.2) is 0 Å². The first-order valence-corrected chi connectivity index (χ1v) is 9.74. The predicted octanol–water partition coefficient (Wildman–Crippen LogP) is 2.19. The van der Waals surface area contributed by atoms with Crippen molar-refractivity contribution in [1.29, 1.82) is 0 Å². The van der Waals surface area contributed by atoms with Crippen molar-refractivity contribution in [1.82, 2.24) is 24.6 Å². The first-order chi connectivity index (χ1) is 12.3. The SMILES string of the molecule is CCN1CCc2nnc(C3CCN(CCc4ccccc4)C3)n2CC1. The molecule has 1 unspecified atom stereocenters. The Labute approximate surface area is 150 Å². The van der Waals surface area contributed by atoms with Gasteiger partial charge in [-0.15, -0.1) is 10.2 Å². The van der Waals surface area contributed by atoms with Gasteiger partial charge >= 0.3 is 0 Å². The molecule has 134 valence electrons. The highest BCUT2D eigenvalue weighted by molar-refractivity contribution is 5.15. The highest BCUT2D eigenvalue weighted by atomic mass is 15.3. The minimum absolute atomic E-state index is 0.546. The molecule has 0 spiro atoms. The largest absolute Gasteiger partial charge is 0.313 e. The van der Waals surface area contributed by atoms with Crippen LogP contribution in [0, 0.1) is 0 Å². The summed E-state index contributed by atoms with van der Waals surface area (Å²) in [5.41, 5.74) is 1.43. The summed E-state index contributed by atoms with van der Waals surface area (Å²) in [6, 6.07) is 10.8. The van der Waals surface area contributed by atoms with E-state index >= 15 is 0 Å². The fourth-order valence-electron chi connectivity index (χ4n) is 4.19. The second kappa shape index (κ2) is 7.67. The van der Waals surface area contributed by atoms with Gasteiger partial charge in [0.25, 0.3) is 0 Å². The van der Waals surface area contributed by atoms with E-state index < -0.39 is 0 Å². The van der Waals surface area contributed by atoms with Crippen molar-refractivity contribution in [3.05, 3.63) is 47.5 Å². The molecule has 1 atom stereocenters. The van der Waals surface area contributed by atoms with E-state index in [1.165, 1.54) is 30.2 Å². The predicted molar refractivity (Wildman–Crippen MR) is 99.8 cm³/mol. The lowest BCUT2D eigenvalue weighted by atomic mass is 10.1. The van der Waals surface area contributed by atoms with Gasteiger partial charge in [0, 0.05) is 45.1 Å². The molecule has 1 aromatic carbocycles. The van der Waals surface area contributed by atoms with Gasteiger partial charge < -0.3 is 14.4 Å². The van der Waals surface area contributed by atoms with Crippen molar-refractivity contribution >= 4 is 0 Å². The zero-order valence-corrected chi connectivity index (χ0v) is 15.3. The second-order valence-electron chi connectivity index (χ2n) is 7.33. The van der Waals surface area contributed by atoms with Crippen LogP contribution < -0.4 is 0 Å². The van der Waals surface area contributed by atoms with Gasteiger partial charge in [0.1, 0.15) is 11.6 Å². The van der Waals surface area contributed by atoms with Crippen LogP contribution in [-0.4, -0.2) is 63.8 Å². The van der Waals surface area contributed by atoms with Crippen LogP contribution in [0.3, 0.4) is 0 Å². The average Bonchev–Trinajstić information content (AvgIpc) is 3.23. The highest BCUT2D eigenvalue weighted by Gasteiger charge is 2.29. The summed E-state index contributed by atoms with van der Waals surface area (Å²) in [4.78, 5) is 5.10. The van der Waals surface area contributed by atoms with Crippen LogP contribution in [0.1, 0.15) is 36.5 Å². The van der Waals surface area contributed by atoms with Gasteiger partial charge in [0.15, 0.2) is 0 Å². The Kier molecular flexibility index (Phi) is 5.13. The first kappa shape index (κ1) is 16.7. The fraction of sp³-hybridized carbons (Fsp3) is 0.600.